The fourth-order valence-corrected chi connectivity index (χ4v) is 2.02. The maximum absolute atomic E-state index is 9.35. The molecule has 0 radical (unpaired) electrons. The number of nitriles is 4. The maximum atomic E-state index is 9.35. The van der Waals surface area contributed by atoms with Crippen LogP contribution in [0.4, 0.5) is 0 Å². The first-order valence-corrected chi connectivity index (χ1v) is 6.14. The molecule has 0 heterocycles. The zero-order valence-electron chi connectivity index (χ0n) is 11.7. The number of hydrogen-bond donors (Lipinski definition) is 0. The van der Waals surface area contributed by atoms with Crippen molar-refractivity contribution in [2.75, 3.05) is 0 Å². The molecule has 1 aromatic rings. The Hall–Kier alpha value is -2.82. The van der Waals surface area contributed by atoms with Crippen molar-refractivity contribution in [3.63, 3.8) is 0 Å². The molecule has 1 aromatic carbocycles. The van der Waals surface area contributed by atoms with E-state index in [1.165, 1.54) is 12.1 Å². The van der Waals surface area contributed by atoms with Crippen molar-refractivity contribution in [3.8, 4) is 24.3 Å². The van der Waals surface area contributed by atoms with Gasteiger partial charge in [-0.15, -0.1) is 0 Å². The second-order valence-electron chi connectivity index (χ2n) is 5.77. The van der Waals surface area contributed by atoms with Gasteiger partial charge in [0.05, 0.1) is 34.7 Å². The standard InChI is InChI=1S/C16H14N4/c1-16(2,3)6-14(10-20)15-5-12(8-18)11(7-17)4-13(15)9-19/h4-5,14H,6H2,1-3H3. The summed E-state index contributed by atoms with van der Waals surface area (Å²) in [5, 5.41) is 36.6. The van der Waals surface area contributed by atoms with Crippen LogP contribution in [0.5, 0.6) is 0 Å². The summed E-state index contributed by atoms with van der Waals surface area (Å²) in [6.45, 7) is 6.04. The molecule has 1 unspecified atom stereocenters. The van der Waals surface area contributed by atoms with Crippen LogP contribution in [0, 0.1) is 50.7 Å². The normalized spacial score (nSPS) is 11.6. The Morgan fingerprint density at radius 2 is 1.40 bits per heavy atom. The molecule has 1 rings (SSSR count). The van der Waals surface area contributed by atoms with E-state index in [0.717, 1.165) is 0 Å². The first-order valence-electron chi connectivity index (χ1n) is 6.14. The van der Waals surface area contributed by atoms with E-state index in [1.54, 1.807) is 0 Å². The molecule has 20 heavy (non-hydrogen) atoms. The smallest absolute Gasteiger partial charge is 0.101 e. The van der Waals surface area contributed by atoms with E-state index in [2.05, 4.69) is 6.07 Å². The van der Waals surface area contributed by atoms with Gasteiger partial charge >= 0.3 is 0 Å². The number of rotatable bonds is 2. The van der Waals surface area contributed by atoms with E-state index in [-0.39, 0.29) is 22.1 Å². The van der Waals surface area contributed by atoms with Crippen LogP contribution in [0.1, 0.15) is 55.4 Å². The monoisotopic (exact) mass is 262 g/mol. The highest BCUT2D eigenvalue weighted by Crippen LogP contribution is 2.33. The fraction of sp³-hybridized carbons (Fsp3) is 0.375. The minimum absolute atomic E-state index is 0.0756. The average Bonchev–Trinajstić information content (AvgIpc) is 2.42. The third-order valence-electron chi connectivity index (χ3n) is 2.90. The molecule has 0 aliphatic rings. The van der Waals surface area contributed by atoms with Crippen molar-refractivity contribution in [1.82, 2.24) is 0 Å². The summed E-state index contributed by atoms with van der Waals surface area (Å²) < 4.78 is 0. The summed E-state index contributed by atoms with van der Waals surface area (Å²) in [7, 11) is 0. The van der Waals surface area contributed by atoms with E-state index in [9.17, 15) is 10.5 Å². The third kappa shape index (κ3) is 3.35. The third-order valence-corrected chi connectivity index (χ3v) is 2.90. The largest absolute Gasteiger partial charge is 0.198 e. The lowest BCUT2D eigenvalue weighted by atomic mass is 9.80. The van der Waals surface area contributed by atoms with Crippen molar-refractivity contribution in [3.05, 3.63) is 34.4 Å². The highest BCUT2D eigenvalue weighted by molar-refractivity contribution is 5.55. The van der Waals surface area contributed by atoms with E-state index < -0.39 is 5.92 Å². The van der Waals surface area contributed by atoms with Crippen molar-refractivity contribution >= 4 is 0 Å². The maximum Gasteiger partial charge on any atom is 0.101 e. The molecule has 1 atom stereocenters. The molecule has 0 saturated heterocycles. The molecule has 0 aliphatic heterocycles. The van der Waals surface area contributed by atoms with E-state index in [1.807, 2.05) is 39.0 Å². The molecular weight excluding hydrogens is 248 g/mol. The van der Waals surface area contributed by atoms with Gasteiger partial charge in [0, 0.05) is 0 Å². The van der Waals surface area contributed by atoms with Crippen LogP contribution in [0.3, 0.4) is 0 Å². The lowest BCUT2D eigenvalue weighted by Gasteiger charge is -2.22. The Morgan fingerprint density at radius 3 is 1.80 bits per heavy atom. The quantitative estimate of drug-likeness (QED) is 0.816. The van der Waals surface area contributed by atoms with Crippen molar-refractivity contribution in [2.24, 2.45) is 5.41 Å². The zero-order chi connectivity index (χ0) is 15.3. The van der Waals surface area contributed by atoms with Gasteiger partial charge in [-0.1, -0.05) is 20.8 Å². The fourth-order valence-electron chi connectivity index (χ4n) is 2.02. The summed E-state index contributed by atoms with van der Waals surface area (Å²) >= 11 is 0. The molecule has 4 heteroatoms. The van der Waals surface area contributed by atoms with Gasteiger partial charge in [-0.25, -0.2) is 0 Å². The number of benzene rings is 1. The van der Waals surface area contributed by atoms with Crippen molar-refractivity contribution < 1.29 is 0 Å². The molecule has 0 aliphatic carbocycles. The molecule has 0 spiro atoms. The minimum Gasteiger partial charge on any atom is -0.198 e. The van der Waals surface area contributed by atoms with Crippen LogP contribution in [-0.2, 0) is 0 Å². The summed E-state index contributed by atoms with van der Waals surface area (Å²) in [5.74, 6) is -0.468. The van der Waals surface area contributed by atoms with Crippen LogP contribution >= 0.6 is 0 Å². The Bertz CT molecular complexity index is 682. The number of nitrogens with zero attached hydrogens (tertiary/aromatic N) is 4. The molecule has 0 N–H and O–H groups in total. The molecule has 0 bridgehead atoms. The second kappa shape index (κ2) is 5.88. The minimum atomic E-state index is -0.468. The average molecular weight is 262 g/mol. The molecule has 0 aromatic heterocycles. The van der Waals surface area contributed by atoms with E-state index in [4.69, 9.17) is 10.5 Å². The van der Waals surface area contributed by atoms with Gasteiger partial charge in [0.15, 0.2) is 0 Å². The van der Waals surface area contributed by atoms with Gasteiger partial charge < -0.3 is 0 Å². The van der Waals surface area contributed by atoms with Crippen LogP contribution in [0.25, 0.3) is 0 Å². The molecule has 4 nitrogen and oxygen atoms in total. The van der Waals surface area contributed by atoms with Gasteiger partial charge in [0.25, 0.3) is 0 Å². The van der Waals surface area contributed by atoms with Crippen molar-refractivity contribution in [2.45, 2.75) is 33.1 Å². The van der Waals surface area contributed by atoms with Gasteiger partial charge in [0.1, 0.15) is 12.1 Å². The van der Waals surface area contributed by atoms with Crippen LogP contribution in [0.2, 0.25) is 0 Å². The van der Waals surface area contributed by atoms with Crippen LogP contribution < -0.4 is 0 Å². The predicted molar refractivity (Wildman–Crippen MR) is 73.0 cm³/mol. The van der Waals surface area contributed by atoms with Crippen LogP contribution in [-0.4, -0.2) is 0 Å². The topological polar surface area (TPSA) is 95.2 Å². The summed E-state index contributed by atoms with van der Waals surface area (Å²) in [6.07, 6.45) is 0.578. The molecule has 0 saturated carbocycles. The molecule has 98 valence electrons. The number of hydrogen-bond acceptors (Lipinski definition) is 4. The zero-order valence-corrected chi connectivity index (χ0v) is 11.7. The predicted octanol–water partition coefficient (Wildman–Crippen LogP) is 3.35. The lowest BCUT2D eigenvalue weighted by molar-refractivity contribution is 0.363. The Kier molecular flexibility index (Phi) is 4.48. The van der Waals surface area contributed by atoms with Crippen molar-refractivity contribution in [1.29, 1.82) is 21.0 Å². The van der Waals surface area contributed by atoms with Gasteiger partial charge in [-0.05, 0) is 29.5 Å². The summed E-state index contributed by atoms with van der Waals surface area (Å²) in [6, 6.07) is 10.9. The first kappa shape index (κ1) is 15.2. The molecule has 0 amide bonds. The lowest BCUT2D eigenvalue weighted by Crippen LogP contribution is -2.12. The molecular formula is C16H14N4. The van der Waals surface area contributed by atoms with Gasteiger partial charge in [-0.2, -0.15) is 21.0 Å². The van der Waals surface area contributed by atoms with Crippen LogP contribution in [0.15, 0.2) is 12.1 Å². The summed E-state index contributed by atoms with van der Waals surface area (Å²) in [5.41, 5.74) is 1.11. The molecule has 0 fully saturated rings. The SMILES string of the molecule is CC(C)(C)CC(C#N)c1cc(C#N)c(C#N)cc1C#N. The van der Waals surface area contributed by atoms with Gasteiger partial charge in [-0.3, -0.25) is 0 Å². The van der Waals surface area contributed by atoms with E-state index >= 15 is 0 Å². The highest BCUT2D eigenvalue weighted by atomic mass is 14.3. The highest BCUT2D eigenvalue weighted by Gasteiger charge is 2.23. The van der Waals surface area contributed by atoms with Gasteiger partial charge in [0.2, 0.25) is 0 Å². The second-order valence-corrected chi connectivity index (χ2v) is 5.77. The Labute approximate surface area is 119 Å². The Balaban J connectivity index is 3.45. The summed E-state index contributed by atoms with van der Waals surface area (Å²) in [4.78, 5) is 0. The van der Waals surface area contributed by atoms with E-state index in [0.29, 0.717) is 12.0 Å². The first-order chi connectivity index (χ1) is 9.36. The Morgan fingerprint density at radius 1 is 0.900 bits per heavy atom.